The molecule has 0 radical (unpaired) electrons. The average Bonchev–Trinajstić information content (AvgIpc) is 3.46. The number of ketones is 1. The summed E-state index contributed by atoms with van der Waals surface area (Å²) in [4.78, 5) is 45.6. The number of nitrogens with one attached hydrogen (secondary N) is 3. The van der Waals surface area contributed by atoms with E-state index in [1.165, 1.54) is 0 Å². The second-order valence-corrected chi connectivity index (χ2v) is 11.7. The Morgan fingerprint density at radius 2 is 1.89 bits per heavy atom. The highest BCUT2D eigenvalue weighted by atomic mass is 35.5. The maximum atomic E-state index is 14.0. The summed E-state index contributed by atoms with van der Waals surface area (Å²) in [5, 5.41) is 19.1. The van der Waals surface area contributed by atoms with Crippen molar-refractivity contribution in [1.29, 1.82) is 0 Å². The first-order valence-electron chi connectivity index (χ1n) is 12.7. The molecule has 1 aromatic heterocycles. The van der Waals surface area contributed by atoms with Gasteiger partial charge in [0, 0.05) is 19.4 Å². The van der Waals surface area contributed by atoms with Crippen LogP contribution in [0.5, 0.6) is 0 Å². The fourth-order valence-electron chi connectivity index (χ4n) is 4.59. The molecular formula is C27H40ClN5O4S. The van der Waals surface area contributed by atoms with Crippen LogP contribution in [-0.4, -0.2) is 58.5 Å². The minimum atomic E-state index is -1.66. The molecule has 0 aliphatic carbocycles. The number of aliphatic hydroxyl groups excluding tert-OH is 1. The van der Waals surface area contributed by atoms with E-state index in [-0.39, 0.29) is 43.7 Å². The number of thiazole rings is 1. The number of aromatic nitrogens is 1. The van der Waals surface area contributed by atoms with Gasteiger partial charge in [0.25, 0.3) is 0 Å². The van der Waals surface area contributed by atoms with Crippen LogP contribution >= 0.6 is 23.7 Å². The molecule has 1 aromatic carbocycles. The summed E-state index contributed by atoms with van der Waals surface area (Å²) in [7, 11) is 0. The van der Waals surface area contributed by atoms with Crippen LogP contribution in [0.15, 0.2) is 29.8 Å². The number of Topliss-reactive ketones (excluding diaryl/α,β-unsaturated/α-hetero) is 1. The fourth-order valence-corrected chi connectivity index (χ4v) is 5.40. The van der Waals surface area contributed by atoms with Crippen LogP contribution in [-0.2, 0) is 14.4 Å². The van der Waals surface area contributed by atoms with Gasteiger partial charge in [-0.25, -0.2) is 4.98 Å². The average molecular weight is 566 g/mol. The predicted octanol–water partition coefficient (Wildman–Crippen LogP) is 2.65. The van der Waals surface area contributed by atoms with Gasteiger partial charge >= 0.3 is 0 Å². The van der Waals surface area contributed by atoms with Crippen LogP contribution in [0.4, 0.5) is 0 Å². The SMILES string of the molecule is Cc1ncsc1-c1ccc([C@H](C)NC(=O)[C@@]2(C(=O)C(NC(=O)CCCN)C(C)(C)C)C[C@@H](O)CN2)cc1.Cl. The number of aliphatic hydroxyl groups is 1. The van der Waals surface area contributed by atoms with Crippen LogP contribution in [0.1, 0.15) is 64.3 Å². The molecule has 38 heavy (non-hydrogen) atoms. The van der Waals surface area contributed by atoms with E-state index in [2.05, 4.69) is 20.9 Å². The van der Waals surface area contributed by atoms with Gasteiger partial charge in [-0.2, -0.15) is 0 Å². The third-order valence-electron chi connectivity index (χ3n) is 6.80. The van der Waals surface area contributed by atoms with Gasteiger partial charge in [-0.3, -0.25) is 19.7 Å². The normalized spacial score (nSPS) is 20.8. The molecule has 1 saturated heterocycles. The van der Waals surface area contributed by atoms with Crippen molar-refractivity contribution in [3.8, 4) is 10.4 Å². The number of β-amino-alcohol motifs (C(OH)–C–C–N with tert-alkyl or cyclic N) is 1. The summed E-state index contributed by atoms with van der Waals surface area (Å²) in [6, 6.07) is 6.55. The van der Waals surface area contributed by atoms with Gasteiger partial charge in [-0.1, -0.05) is 45.0 Å². The van der Waals surface area contributed by atoms with E-state index >= 15 is 0 Å². The lowest BCUT2D eigenvalue weighted by atomic mass is 9.75. The number of carbonyl (C=O) groups is 3. The Hall–Kier alpha value is -2.37. The van der Waals surface area contributed by atoms with E-state index < -0.39 is 34.8 Å². The van der Waals surface area contributed by atoms with Crippen LogP contribution in [0.2, 0.25) is 0 Å². The number of halogens is 1. The summed E-state index contributed by atoms with van der Waals surface area (Å²) in [5.41, 5.74) is 7.91. The van der Waals surface area contributed by atoms with Gasteiger partial charge in [-0.05, 0) is 43.4 Å². The Bertz CT molecular complexity index is 1120. The molecule has 2 aromatic rings. The topological polar surface area (TPSA) is 146 Å². The number of amides is 2. The highest BCUT2D eigenvalue weighted by Crippen LogP contribution is 2.31. The summed E-state index contributed by atoms with van der Waals surface area (Å²) < 4.78 is 0. The van der Waals surface area contributed by atoms with E-state index in [9.17, 15) is 19.5 Å². The Morgan fingerprint density at radius 3 is 2.39 bits per heavy atom. The minimum Gasteiger partial charge on any atom is -0.392 e. The van der Waals surface area contributed by atoms with Crippen molar-refractivity contribution in [2.75, 3.05) is 13.1 Å². The van der Waals surface area contributed by atoms with Gasteiger partial charge in [0.15, 0.2) is 11.3 Å². The van der Waals surface area contributed by atoms with Crippen molar-refractivity contribution < 1.29 is 19.5 Å². The maximum Gasteiger partial charge on any atom is 0.248 e. The summed E-state index contributed by atoms with van der Waals surface area (Å²) in [5.74, 6) is -1.27. The van der Waals surface area contributed by atoms with Crippen molar-refractivity contribution in [3.05, 3.63) is 41.0 Å². The number of benzene rings is 1. The second-order valence-electron chi connectivity index (χ2n) is 10.9. The number of nitrogens with zero attached hydrogens (tertiary/aromatic N) is 1. The quantitative estimate of drug-likeness (QED) is 0.278. The van der Waals surface area contributed by atoms with Crippen LogP contribution in [0.3, 0.4) is 0 Å². The van der Waals surface area contributed by atoms with E-state index in [0.717, 1.165) is 21.7 Å². The molecule has 3 rings (SSSR count). The van der Waals surface area contributed by atoms with E-state index in [0.29, 0.717) is 13.0 Å². The van der Waals surface area contributed by atoms with Crippen molar-refractivity contribution >= 4 is 41.3 Å². The Kier molecular flexibility index (Phi) is 11.0. The van der Waals surface area contributed by atoms with E-state index in [4.69, 9.17) is 5.73 Å². The van der Waals surface area contributed by atoms with Gasteiger partial charge in [0.2, 0.25) is 11.8 Å². The minimum absolute atomic E-state index is 0. The molecule has 0 bridgehead atoms. The lowest BCUT2D eigenvalue weighted by molar-refractivity contribution is -0.142. The Labute approximate surface area is 234 Å². The van der Waals surface area contributed by atoms with Gasteiger partial charge in [0.05, 0.1) is 34.3 Å². The Balaban J connectivity index is 0.00000507. The van der Waals surface area contributed by atoms with E-state index in [1.807, 2.05) is 64.4 Å². The predicted molar refractivity (Wildman–Crippen MR) is 152 cm³/mol. The summed E-state index contributed by atoms with van der Waals surface area (Å²) >= 11 is 1.57. The van der Waals surface area contributed by atoms with Gasteiger partial charge < -0.3 is 21.5 Å². The van der Waals surface area contributed by atoms with Crippen LogP contribution in [0, 0.1) is 12.3 Å². The van der Waals surface area contributed by atoms with Crippen molar-refractivity contribution in [1.82, 2.24) is 20.9 Å². The molecule has 9 nitrogen and oxygen atoms in total. The lowest BCUT2D eigenvalue weighted by Crippen LogP contribution is -2.66. The molecular weight excluding hydrogens is 526 g/mol. The molecule has 2 heterocycles. The standard InChI is InChI=1S/C27H39N5O4S.ClH/c1-16(18-8-10-19(11-9-18)22-17(2)29-15-37-22)31-25(36)27(13-20(33)14-30-27)24(35)23(26(3,4)5)32-21(34)7-6-12-28;/h8-11,15-16,20,23,30,33H,6-7,12-14,28H2,1-5H3,(H,31,36)(H,32,34);1H/t16-,20+,23?,27-;/m0./s1. The zero-order chi connectivity index (χ0) is 27.4. The first-order valence-corrected chi connectivity index (χ1v) is 13.5. The number of rotatable bonds is 10. The molecule has 1 fully saturated rings. The number of nitrogens with two attached hydrogens (primary N) is 1. The monoisotopic (exact) mass is 565 g/mol. The van der Waals surface area contributed by atoms with E-state index in [1.54, 1.807) is 11.3 Å². The zero-order valence-electron chi connectivity index (χ0n) is 22.7. The largest absolute Gasteiger partial charge is 0.392 e. The van der Waals surface area contributed by atoms with Crippen molar-refractivity contribution in [2.45, 2.75) is 77.6 Å². The van der Waals surface area contributed by atoms with Crippen molar-refractivity contribution in [2.24, 2.45) is 11.1 Å². The van der Waals surface area contributed by atoms with Gasteiger partial charge in [-0.15, -0.1) is 23.7 Å². The van der Waals surface area contributed by atoms with Crippen LogP contribution in [0.25, 0.3) is 10.4 Å². The number of hydrogen-bond acceptors (Lipinski definition) is 8. The number of hydrogen-bond donors (Lipinski definition) is 5. The smallest absolute Gasteiger partial charge is 0.248 e. The molecule has 11 heteroatoms. The van der Waals surface area contributed by atoms with Gasteiger partial charge in [0.1, 0.15) is 0 Å². The van der Waals surface area contributed by atoms with Crippen LogP contribution < -0.4 is 21.7 Å². The number of carbonyl (C=O) groups excluding carboxylic acids is 3. The first kappa shape index (κ1) is 31.8. The molecule has 1 aliphatic heterocycles. The third kappa shape index (κ3) is 7.18. The molecule has 210 valence electrons. The first-order chi connectivity index (χ1) is 17.4. The molecule has 1 unspecified atom stereocenters. The zero-order valence-corrected chi connectivity index (χ0v) is 24.3. The van der Waals surface area contributed by atoms with Crippen molar-refractivity contribution in [3.63, 3.8) is 0 Å². The second kappa shape index (κ2) is 13.1. The molecule has 0 saturated carbocycles. The molecule has 6 N–H and O–H groups in total. The summed E-state index contributed by atoms with van der Waals surface area (Å²) in [6.07, 6.45) is -0.238. The molecule has 1 aliphatic rings. The maximum absolute atomic E-state index is 14.0. The molecule has 0 spiro atoms. The Morgan fingerprint density at radius 1 is 1.24 bits per heavy atom. The highest BCUT2D eigenvalue weighted by Gasteiger charge is 2.55. The summed E-state index contributed by atoms with van der Waals surface area (Å²) in [6.45, 7) is 9.80. The highest BCUT2D eigenvalue weighted by molar-refractivity contribution is 7.13. The molecule has 2 amide bonds. The molecule has 4 atom stereocenters. The number of aryl methyl sites for hydroxylation is 1. The lowest BCUT2D eigenvalue weighted by Gasteiger charge is -2.37. The third-order valence-corrected chi connectivity index (χ3v) is 7.77. The fraction of sp³-hybridized carbons (Fsp3) is 0.556.